The number of azo groups is 1. The lowest BCUT2D eigenvalue weighted by molar-refractivity contribution is -0.480. The molecule has 0 fully saturated rings. The zero-order valence-electron chi connectivity index (χ0n) is 31.8. The van der Waals surface area contributed by atoms with Gasteiger partial charge in [0.2, 0.25) is 5.70 Å². The molecule has 0 saturated heterocycles. The fourth-order valence-corrected chi connectivity index (χ4v) is 7.60. The van der Waals surface area contributed by atoms with Crippen molar-refractivity contribution in [2.45, 2.75) is 26.2 Å². The van der Waals surface area contributed by atoms with Gasteiger partial charge in [-0.3, -0.25) is 19.2 Å². The van der Waals surface area contributed by atoms with Crippen molar-refractivity contribution in [3.05, 3.63) is 135 Å². The second-order valence-corrected chi connectivity index (χ2v) is 14.0. The van der Waals surface area contributed by atoms with E-state index in [1.54, 1.807) is 109 Å². The van der Waals surface area contributed by atoms with Crippen LogP contribution < -0.4 is 25.8 Å². The van der Waals surface area contributed by atoms with Gasteiger partial charge in [0.1, 0.15) is 28.6 Å². The maximum atomic E-state index is 14.1. The molecule has 3 aliphatic rings. The fraction of sp³-hybridized carbons (Fsp3) is 0.220. The van der Waals surface area contributed by atoms with Gasteiger partial charge in [0.15, 0.2) is 11.4 Å². The van der Waals surface area contributed by atoms with Crippen molar-refractivity contribution in [1.82, 2.24) is 24.5 Å². The summed E-state index contributed by atoms with van der Waals surface area (Å²) in [6.45, 7) is 2.46. The first-order valence-electron chi connectivity index (χ1n) is 18.4. The van der Waals surface area contributed by atoms with Crippen molar-refractivity contribution < 1.29 is 33.5 Å². The molecule has 0 saturated carbocycles. The number of nitrogens with zero attached hydrogens (tertiary/aromatic N) is 8. The Labute approximate surface area is 331 Å². The van der Waals surface area contributed by atoms with E-state index in [1.165, 1.54) is 9.36 Å². The number of hydroxylamine groups is 1. The maximum Gasteiger partial charge on any atom is 0.277 e. The lowest BCUT2D eigenvalue weighted by Crippen LogP contribution is -2.39. The quantitative estimate of drug-likeness (QED) is 0.115. The van der Waals surface area contributed by atoms with Gasteiger partial charge in [-0.1, -0.05) is 11.8 Å². The van der Waals surface area contributed by atoms with Crippen molar-refractivity contribution >= 4 is 35.0 Å². The highest BCUT2D eigenvalue weighted by atomic mass is 16.5. The van der Waals surface area contributed by atoms with Crippen molar-refractivity contribution in [1.29, 1.82) is 0 Å². The highest BCUT2D eigenvalue weighted by Crippen LogP contribution is 2.35. The lowest BCUT2D eigenvalue weighted by Gasteiger charge is -2.32. The van der Waals surface area contributed by atoms with Crippen molar-refractivity contribution in [2.75, 3.05) is 32.2 Å². The van der Waals surface area contributed by atoms with E-state index in [0.29, 0.717) is 87.4 Å². The first-order chi connectivity index (χ1) is 28.0. The Morgan fingerprint density at radius 3 is 1.66 bits per heavy atom. The van der Waals surface area contributed by atoms with Crippen LogP contribution in [-0.4, -0.2) is 80.3 Å². The van der Waals surface area contributed by atoms with Crippen molar-refractivity contribution in [3.8, 4) is 22.9 Å². The zero-order chi connectivity index (χ0) is 40.8. The van der Waals surface area contributed by atoms with Gasteiger partial charge in [-0.15, -0.1) is 0 Å². The average Bonchev–Trinajstić information content (AvgIpc) is 3.83. The number of rotatable bonds is 10. The lowest BCUT2D eigenvalue weighted by atomic mass is 9.94. The Balaban J connectivity index is 1.01. The molecule has 1 aliphatic carbocycles. The van der Waals surface area contributed by atoms with Crippen LogP contribution in [0.3, 0.4) is 0 Å². The standard InChI is InChI=1S/C41H38N10O7/c1-23-22-28(48-21-19-32-35(39(43)53)46-50(37(32)41(48)55)27-10-15-30(58-3)16-11-27)12-17-33(23)51(56)44-24-4-6-25(7-5-24)47-20-18-31-34(38(42)52)45-49(36(31)40(47)54)26-8-13-29(57-2)14-9-26/h4-17,23H,18-22H2,1-3H3,(H2,42,52)(H2,43,53)/b51-44-. The minimum atomic E-state index is -0.723. The predicted molar refractivity (Wildman–Crippen MR) is 209 cm³/mol. The Bertz CT molecular complexity index is 2590. The van der Waals surface area contributed by atoms with Gasteiger partial charge < -0.3 is 35.9 Å². The second kappa shape index (κ2) is 14.8. The number of ether oxygens (including phenoxy) is 2. The number of anilines is 1. The topological polar surface area (TPSA) is 219 Å². The molecule has 0 spiro atoms. The van der Waals surface area contributed by atoms with Gasteiger partial charge in [-0.2, -0.15) is 10.2 Å². The van der Waals surface area contributed by atoms with Crippen LogP contribution in [0.2, 0.25) is 0 Å². The molecule has 2 aliphatic heterocycles. The van der Waals surface area contributed by atoms with Gasteiger partial charge in [-0.25, -0.2) is 9.36 Å². The van der Waals surface area contributed by atoms with E-state index < -0.39 is 11.8 Å². The van der Waals surface area contributed by atoms with Gasteiger partial charge in [0, 0.05) is 53.2 Å². The summed E-state index contributed by atoms with van der Waals surface area (Å²) in [4.78, 5) is 56.4. The molecule has 0 bridgehead atoms. The summed E-state index contributed by atoms with van der Waals surface area (Å²) in [7, 11) is 3.10. The molecular weight excluding hydrogens is 745 g/mol. The van der Waals surface area contributed by atoms with Gasteiger partial charge in [0.05, 0.1) is 31.5 Å². The van der Waals surface area contributed by atoms with E-state index in [2.05, 4.69) is 15.3 Å². The third-order valence-electron chi connectivity index (χ3n) is 10.5. The molecule has 8 rings (SSSR count). The zero-order valence-corrected chi connectivity index (χ0v) is 31.8. The summed E-state index contributed by atoms with van der Waals surface area (Å²) in [5, 5.41) is 26.6. The first-order valence-corrected chi connectivity index (χ1v) is 18.4. The Morgan fingerprint density at radius 1 is 0.724 bits per heavy atom. The molecule has 294 valence electrons. The minimum Gasteiger partial charge on any atom is -0.594 e. The Kier molecular flexibility index (Phi) is 9.56. The maximum absolute atomic E-state index is 14.1. The highest BCUT2D eigenvalue weighted by Gasteiger charge is 2.38. The average molecular weight is 783 g/mol. The van der Waals surface area contributed by atoms with Crippen LogP contribution in [0.25, 0.3) is 11.4 Å². The summed E-state index contributed by atoms with van der Waals surface area (Å²) in [5.41, 5.74) is 16.0. The molecule has 4 N–H and O–H groups in total. The summed E-state index contributed by atoms with van der Waals surface area (Å²) >= 11 is 0. The number of hydrogen-bond acceptors (Lipinski definition) is 10. The van der Waals surface area contributed by atoms with Crippen molar-refractivity contribution in [2.24, 2.45) is 22.5 Å². The van der Waals surface area contributed by atoms with Crippen LogP contribution in [-0.2, 0) is 12.8 Å². The molecule has 2 aromatic heterocycles. The SMILES string of the molecule is COc1ccc(-n2nc(C(N)=O)c3c2C(=O)N(C2=CC=C(/[N+]([O-])=N/c4ccc(N5CCc6c(C(N)=O)nn(-c7ccc(OC)cc7)c6C5=O)cc4)C(C)C2)CC3)cc1. The van der Waals surface area contributed by atoms with Gasteiger partial charge in [0.25, 0.3) is 23.6 Å². The number of amides is 4. The number of fused-ring (bicyclic) bond motifs is 2. The normalized spacial score (nSPS) is 16.7. The highest BCUT2D eigenvalue weighted by molar-refractivity contribution is 6.09. The molecule has 3 aromatic carbocycles. The molecule has 1 unspecified atom stereocenters. The molecule has 4 amide bonds. The van der Waals surface area contributed by atoms with Crippen LogP contribution in [0, 0.1) is 11.1 Å². The molecule has 17 nitrogen and oxygen atoms in total. The third-order valence-corrected chi connectivity index (χ3v) is 10.5. The first kappa shape index (κ1) is 37.4. The van der Waals surface area contributed by atoms with E-state index >= 15 is 0 Å². The summed E-state index contributed by atoms with van der Waals surface area (Å²) < 4.78 is 13.4. The molecule has 4 heterocycles. The monoisotopic (exact) mass is 782 g/mol. The van der Waals surface area contributed by atoms with Gasteiger partial charge in [-0.05, 0) is 91.7 Å². The molecule has 5 aromatic rings. The second-order valence-electron chi connectivity index (χ2n) is 14.0. The number of allylic oxidation sites excluding steroid dienone is 4. The molecule has 0 radical (unpaired) electrons. The smallest absolute Gasteiger partial charge is 0.277 e. The predicted octanol–water partition coefficient (Wildman–Crippen LogP) is 4.58. The van der Waals surface area contributed by atoms with E-state index in [1.807, 2.05) is 6.92 Å². The fourth-order valence-electron chi connectivity index (χ4n) is 7.60. The number of hydrogen-bond donors (Lipinski definition) is 2. The summed E-state index contributed by atoms with van der Waals surface area (Å²) in [6.07, 6.45) is 4.48. The van der Waals surface area contributed by atoms with E-state index in [4.69, 9.17) is 20.9 Å². The Hall–Kier alpha value is -7.56. The number of carbonyl (C=O) groups excluding carboxylic acids is 4. The molecule has 17 heteroatoms. The number of carbonyl (C=O) groups is 4. The Morgan fingerprint density at radius 2 is 1.19 bits per heavy atom. The number of nitrogens with two attached hydrogens (primary N) is 2. The summed E-state index contributed by atoms with van der Waals surface area (Å²) in [5.74, 6) is -1.20. The van der Waals surface area contributed by atoms with Crippen LogP contribution in [0.5, 0.6) is 11.5 Å². The minimum absolute atomic E-state index is 0.0457. The molecule has 58 heavy (non-hydrogen) atoms. The third kappa shape index (κ3) is 6.51. The van der Waals surface area contributed by atoms with E-state index in [-0.39, 0.29) is 47.1 Å². The number of methoxy groups -OCH3 is 2. The number of aromatic nitrogens is 4. The molecule has 1 atom stereocenters. The van der Waals surface area contributed by atoms with Crippen LogP contribution >= 0.6 is 0 Å². The van der Waals surface area contributed by atoms with Crippen LogP contribution in [0.1, 0.15) is 66.4 Å². The van der Waals surface area contributed by atoms with E-state index in [0.717, 1.165) is 0 Å². The van der Waals surface area contributed by atoms with Crippen molar-refractivity contribution in [3.63, 3.8) is 0 Å². The van der Waals surface area contributed by atoms with Crippen LogP contribution in [0.15, 0.2) is 101 Å². The van der Waals surface area contributed by atoms with E-state index in [9.17, 15) is 24.4 Å². The van der Waals surface area contributed by atoms with Crippen LogP contribution in [0.4, 0.5) is 11.4 Å². The summed E-state index contributed by atoms with van der Waals surface area (Å²) in [6, 6.07) is 20.6. The largest absolute Gasteiger partial charge is 0.594 e. The number of benzene rings is 3. The van der Waals surface area contributed by atoms with Gasteiger partial charge >= 0.3 is 0 Å². The molecular formula is C41H38N10O7. The number of primary amides is 2.